The fourth-order valence-corrected chi connectivity index (χ4v) is 16.1. The standard InChI is InChI=1S/C19H23FN2O2.C13H19BrN2O2.C13H14FN3.C12H13N3O2.C9H11BrN2O2.C9H9N3O2S.C8H9BrN2O2.ClH/c1-19(2,3)24-18(23)10-13-7-8-22-12-16(21-17(22)9-13)14-5-4-6-15(20)11-14;1-13(2,3)18-12(17)7-9-4-5-16-8-10(14)15-11(16)6-9;14-10-3-1-2-9(6-10)12-8-17-5-4-11(15)7-13(17)16-12;1-8-4-3-5-10(14-8)9-6-13-15(2)12(9)11(17)7-16;1-14-9(13)6-2-3-12-5-7(10)11-8(12)4-6;1-5-4-15-8(11-5)6-3-10-12(2)7(6)9(13)14;9-6-4-11-2-1-5(8(12)13)3-7(11)10-6;/h4-6,11-13H,7-10H2,1-3H3;8-9H,4-7H2,1-3H3;1-3,6,8,11H,4-5,7,15H2;3-6,16H,7H2,1-2H3;5-6H,2-4H2,1H3;3-4H,1-2H3,(H,13,14);4-5H,1-3H2,(H,12,13);1H. The minimum atomic E-state index is -0.988. The van der Waals surface area contributed by atoms with Crippen molar-refractivity contribution in [2.75, 3.05) is 13.7 Å². The Morgan fingerprint density at radius 1 is 0.538 bits per heavy atom. The molecule has 2 aromatic carbocycles. The number of nitrogens with two attached hydrogens (primary N) is 1. The lowest BCUT2D eigenvalue weighted by molar-refractivity contribution is -0.157. The molecule has 0 spiro atoms. The highest BCUT2D eigenvalue weighted by Crippen LogP contribution is 2.33. The van der Waals surface area contributed by atoms with Crippen molar-refractivity contribution in [1.29, 1.82) is 0 Å². The lowest BCUT2D eigenvalue weighted by Crippen LogP contribution is -2.30. The number of Topliss-reactive ketones (excluding diaryl/α,β-unsaturated/α-hetero) is 1. The van der Waals surface area contributed by atoms with Crippen molar-refractivity contribution in [1.82, 2.24) is 77.3 Å². The van der Waals surface area contributed by atoms with E-state index in [2.05, 4.69) is 111 Å². The monoisotopic (exact) mass is 1870 g/mol. The largest absolute Gasteiger partial charge is 0.481 e. The molecule has 5 unspecified atom stereocenters. The number of aromatic carboxylic acids is 1. The maximum absolute atomic E-state index is 13.4. The molecule has 636 valence electrons. The number of esters is 3. The molecule has 0 bridgehead atoms. The third-order valence-corrected chi connectivity index (χ3v) is 21.7. The number of carboxylic acids is 2. The average molecular weight is 1870 g/mol. The van der Waals surface area contributed by atoms with Gasteiger partial charge in [0.15, 0.2) is 5.69 Å². The van der Waals surface area contributed by atoms with Crippen molar-refractivity contribution in [2.45, 2.75) is 182 Å². The fourth-order valence-electron chi connectivity index (χ4n) is 14.0. The van der Waals surface area contributed by atoms with Crippen LogP contribution in [0.4, 0.5) is 8.78 Å². The van der Waals surface area contributed by atoms with Crippen LogP contribution in [-0.2, 0) is 112 Å². The van der Waals surface area contributed by atoms with Gasteiger partial charge in [-0.1, -0.05) is 30.3 Å². The molecule has 5 atom stereocenters. The zero-order valence-electron chi connectivity index (χ0n) is 68.0. The molecule has 0 amide bonds. The van der Waals surface area contributed by atoms with E-state index in [1.807, 2.05) is 127 Å². The van der Waals surface area contributed by atoms with Gasteiger partial charge in [0.25, 0.3) is 0 Å². The molecule has 5 aliphatic heterocycles. The Labute approximate surface area is 723 Å². The van der Waals surface area contributed by atoms with E-state index in [-0.39, 0.29) is 77.2 Å². The van der Waals surface area contributed by atoms with E-state index in [4.69, 9.17) is 35.3 Å². The van der Waals surface area contributed by atoms with Gasteiger partial charge in [0.1, 0.15) is 83.1 Å². The number of aliphatic hydroxyl groups is 1. The molecule has 0 saturated heterocycles. The van der Waals surface area contributed by atoms with Gasteiger partial charge in [0.05, 0.1) is 54.0 Å². The number of fused-ring (bicyclic) bond motifs is 5. The second-order valence-electron chi connectivity index (χ2n) is 31.2. The molecule has 0 saturated carbocycles. The summed E-state index contributed by atoms with van der Waals surface area (Å²) in [5.41, 5.74) is 12.5. The number of carboxylic acid groups (broad SMARTS) is 2. The number of thiazole rings is 1. The molecular formula is C83H99Br3ClF2N17O12S. The number of hydrogen-bond donors (Lipinski definition) is 4. The first-order valence-corrected chi connectivity index (χ1v) is 41.8. The summed E-state index contributed by atoms with van der Waals surface area (Å²) in [6, 6.07) is 18.8. The van der Waals surface area contributed by atoms with Crippen LogP contribution in [0.3, 0.4) is 0 Å². The van der Waals surface area contributed by atoms with Gasteiger partial charge in [-0.2, -0.15) is 10.2 Å². The Morgan fingerprint density at radius 3 is 1.43 bits per heavy atom. The molecular weight excluding hydrogens is 1770 g/mol. The van der Waals surface area contributed by atoms with Crippen molar-refractivity contribution in [3.05, 3.63) is 193 Å². The number of aryl methyl sites for hydroxylation is 9. The number of rotatable bonds is 13. The summed E-state index contributed by atoms with van der Waals surface area (Å²) in [7, 11) is 4.70. The maximum Gasteiger partial charge on any atom is 0.354 e. The number of pyridine rings is 1. The van der Waals surface area contributed by atoms with E-state index < -0.39 is 29.7 Å². The number of carbonyl (C=O) groups is 6. The van der Waals surface area contributed by atoms with Crippen LogP contribution >= 0.6 is 71.5 Å². The van der Waals surface area contributed by atoms with E-state index in [0.29, 0.717) is 65.5 Å². The lowest BCUT2D eigenvalue weighted by atomic mass is 9.94. The molecule has 0 fully saturated rings. The van der Waals surface area contributed by atoms with Crippen molar-refractivity contribution in [3.8, 4) is 44.3 Å². The molecule has 16 rings (SSSR count). The molecule has 0 radical (unpaired) electrons. The molecule has 5 N–H and O–H groups in total. The molecule has 14 heterocycles. The number of ketones is 1. The highest BCUT2D eigenvalue weighted by molar-refractivity contribution is 9.11. The lowest BCUT2D eigenvalue weighted by Gasteiger charge is -2.25. The molecule has 5 aliphatic rings. The summed E-state index contributed by atoms with van der Waals surface area (Å²) in [6.45, 7) is 18.8. The molecule has 0 aliphatic carbocycles. The Hall–Kier alpha value is -9.78. The average Bonchev–Trinajstić information content (AvgIpc) is 1.70. The Kier molecular flexibility index (Phi) is 32.8. The van der Waals surface area contributed by atoms with E-state index >= 15 is 0 Å². The van der Waals surface area contributed by atoms with Crippen molar-refractivity contribution < 1.29 is 67.1 Å². The van der Waals surface area contributed by atoms with Gasteiger partial charge in [-0.3, -0.25) is 38.3 Å². The van der Waals surface area contributed by atoms with Gasteiger partial charge >= 0.3 is 29.8 Å². The molecule has 9 aromatic heterocycles. The van der Waals surface area contributed by atoms with E-state index in [0.717, 1.165) is 155 Å². The first-order chi connectivity index (χ1) is 55.9. The molecule has 29 nitrogen and oxygen atoms in total. The van der Waals surface area contributed by atoms with Crippen LogP contribution in [0.15, 0.2) is 129 Å². The van der Waals surface area contributed by atoms with E-state index in [1.54, 1.807) is 32.4 Å². The third kappa shape index (κ3) is 26.6. The van der Waals surface area contributed by atoms with E-state index in [1.165, 1.54) is 58.3 Å². The topological polar surface area (TPSA) is 367 Å². The number of nitrogens with zero attached hydrogens (tertiary/aromatic N) is 16. The molecule has 36 heteroatoms. The summed E-state index contributed by atoms with van der Waals surface area (Å²) < 4.78 is 57.8. The zero-order chi connectivity index (χ0) is 85.4. The quantitative estimate of drug-likeness (QED) is 0.0473. The predicted molar refractivity (Wildman–Crippen MR) is 455 cm³/mol. The highest BCUT2D eigenvalue weighted by Gasteiger charge is 2.31. The number of halogens is 6. The van der Waals surface area contributed by atoms with Crippen molar-refractivity contribution >= 4 is 107 Å². The van der Waals surface area contributed by atoms with Crippen LogP contribution in [0, 0.1) is 49.2 Å². The van der Waals surface area contributed by atoms with Gasteiger partial charge in [-0.25, -0.2) is 43.5 Å². The number of hydrogen-bond acceptors (Lipinski definition) is 21. The van der Waals surface area contributed by atoms with Crippen molar-refractivity contribution in [2.24, 2.45) is 43.5 Å². The number of methoxy groups -OCH3 is 1. The van der Waals surface area contributed by atoms with Crippen LogP contribution in [0.5, 0.6) is 0 Å². The zero-order valence-corrected chi connectivity index (χ0v) is 74.4. The predicted octanol–water partition coefficient (Wildman–Crippen LogP) is 14.5. The first-order valence-electron chi connectivity index (χ1n) is 38.5. The third-order valence-electron chi connectivity index (χ3n) is 19.6. The number of aliphatic carboxylic acids is 1. The number of ether oxygens (including phenoxy) is 3. The molecule has 119 heavy (non-hydrogen) atoms. The van der Waals surface area contributed by atoms with Gasteiger partial charge in [-0.05, 0) is 184 Å². The second-order valence-corrected chi connectivity index (χ2v) is 34.5. The Morgan fingerprint density at radius 2 is 0.975 bits per heavy atom. The number of imidazole rings is 5. The second kappa shape index (κ2) is 41.9. The summed E-state index contributed by atoms with van der Waals surface area (Å²) >= 11 is 11.4. The van der Waals surface area contributed by atoms with Gasteiger partial charge < -0.3 is 58.1 Å². The SMILES string of the molecule is CC(C)(C)OC(=O)CC1CCn2cc(-c3cccc(F)c3)nc2C1.CC(C)(C)OC(=O)CC1CCn2cc(Br)nc2C1.COC(=O)C1CCn2cc(Br)nc2C1.Cc1cccc(-c2cnn(C)c2C(=O)CO)n1.Cc1csc(-c2cnn(C)c2C(=O)O)n1.Cl.NC1CCn2cc(-c3cccc(F)c3)nc2C1.O=C(O)C1CCn2cc(Br)nc2C1. The van der Waals surface area contributed by atoms with Crippen LogP contribution < -0.4 is 5.73 Å². The maximum atomic E-state index is 13.4. The number of aromatic nitrogens is 16. The van der Waals surface area contributed by atoms with Crippen LogP contribution in [-0.4, -0.2) is 159 Å². The fraction of sp³-hybridized carbons (Fsp3) is 0.434. The molecule has 11 aromatic rings. The van der Waals surface area contributed by atoms with Crippen LogP contribution in [0.2, 0.25) is 0 Å². The smallest absolute Gasteiger partial charge is 0.354 e. The summed E-state index contributed by atoms with van der Waals surface area (Å²) in [5, 5.41) is 37.3. The van der Waals surface area contributed by atoms with Crippen LogP contribution in [0.1, 0.15) is 148 Å². The first kappa shape index (κ1) is 93.1. The summed E-state index contributed by atoms with van der Waals surface area (Å²) in [4.78, 5) is 99.1. The minimum Gasteiger partial charge on any atom is -0.481 e. The van der Waals surface area contributed by atoms with Gasteiger partial charge in [0.2, 0.25) is 5.78 Å². The summed E-state index contributed by atoms with van der Waals surface area (Å²) in [6.07, 6.45) is 21.9. The summed E-state index contributed by atoms with van der Waals surface area (Å²) in [5.74, 6) is 2.20. The Balaban J connectivity index is 0.000000159. The van der Waals surface area contributed by atoms with Gasteiger partial charge in [0, 0.05) is 162 Å². The number of carbonyl (C=O) groups excluding carboxylic acids is 4. The van der Waals surface area contributed by atoms with Crippen LogP contribution in [0.25, 0.3) is 44.3 Å². The van der Waals surface area contributed by atoms with E-state index in [9.17, 15) is 37.5 Å². The van der Waals surface area contributed by atoms with Crippen molar-refractivity contribution in [3.63, 3.8) is 0 Å². The van der Waals surface area contributed by atoms with Gasteiger partial charge in [-0.15, -0.1) is 23.7 Å². The number of benzene rings is 2. The highest BCUT2D eigenvalue weighted by atomic mass is 79.9. The Bertz CT molecular complexity index is 5350. The number of aliphatic hydroxyl groups excluding tert-OH is 1. The normalized spacial score (nSPS) is 16.7. The minimum absolute atomic E-state index is 0.